The highest BCUT2D eigenvalue weighted by Crippen LogP contribution is 2.27. The first-order valence-electron chi connectivity index (χ1n) is 9.67. The van der Waals surface area contributed by atoms with Crippen molar-refractivity contribution in [3.05, 3.63) is 79.0 Å². The number of carbonyl (C=O) groups is 1. The van der Waals surface area contributed by atoms with E-state index < -0.39 is 0 Å². The first-order valence-corrected chi connectivity index (χ1v) is 10.7. The molecule has 0 fully saturated rings. The molecule has 0 saturated carbocycles. The summed E-state index contributed by atoms with van der Waals surface area (Å²) in [5, 5.41) is 12.3. The van der Waals surface area contributed by atoms with Crippen molar-refractivity contribution in [3.8, 4) is 22.6 Å². The van der Waals surface area contributed by atoms with Gasteiger partial charge in [-0.1, -0.05) is 60.3 Å². The summed E-state index contributed by atoms with van der Waals surface area (Å²) in [4.78, 5) is 16.7. The number of hydrogen-bond acceptors (Lipinski definition) is 5. The lowest BCUT2D eigenvalue weighted by molar-refractivity contribution is -0.113. The van der Waals surface area contributed by atoms with Crippen LogP contribution in [0.4, 0.5) is 5.69 Å². The number of carbonyl (C=O) groups excluding carboxylic acids is 1. The highest BCUT2D eigenvalue weighted by molar-refractivity contribution is 7.99. The molecule has 0 unspecified atom stereocenters. The number of nitrogens with one attached hydrogen (secondary N) is 1. The Morgan fingerprint density at radius 3 is 2.43 bits per heavy atom. The third-order valence-electron chi connectivity index (χ3n) is 4.51. The Kier molecular flexibility index (Phi) is 6.20. The molecular weight excluding hydrogens is 394 g/mol. The molecule has 0 atom stereocenters. The monoisotopic (exact) mass is 415 g/mol. The average molecular weight is 416 g/mol. The summed E-state index contributed by atoms with van der Waals surface area (Å²) in [7, 11) is 0. The quantitative estimate of drug-likeness (QED) is 0.441. The van der Waals surface area contributed by atoms with Crippen molar-refractivity contribution in [3.63, 3.8) is 0 Å². The van der Waals surface area contributed by atoms with Crippen LogP contribution in [0.1, 0.15) is 6.92 Å². The Morgan fingerprint density at radius 2 is 1.70 bits per heavy atom. The zero-order valence-corrected chi connectivity index (χ0v) is 17.3. The first-order chi connectivity index (χ1) is 14.7. The van der Waals surface area contributed by atoms with Gasteiger partial charge in [-0.3, -0.25) is 9.78 Å². The van der Waals surface area contributed by atoms with Crippen LogP contribution in [0.25, 0.3) is 22.6 Å². The van der Waals surface area contributed by atoms with E-state index >= 15 is 0 Å². The predicted octanol–water partition coefficient (Wildman–Crippen LogP) is 4.76. The normalized spacial score (nSPS) is 10.7. The lowest BCUT2D eigenvalue weighted by Gasteiger charge is -2.09. The van der Waals surface area contributed by atoms with Crippen molar-refractivity contribution in [1.29, 1.82) is 0 Å². The topological polar surface area (TPSA) is 72.7 Å². The maximum absolute atomic E-state index is 12.3. The Hall–Kier alpha value is -3.45. The number of benzene rings is 2. The second-order valence-corrected chi connectivity index (χ2v) is 7.49. The third-order valence-corrected chi connectivity index (χ3v) is 5.48. The lowest BCUT2D eigenvalue weighted by Crippen LogP contribution is -2.14. The number of hydrogen-bond donors (Lipinski definition) is 1. The molecule has 2 aromatic carbocycles. The van der Waals surface area contributed by atoms with Crippen molar-refractivity contribution in [1.82, 2.24) is 19.7 Å². The summed E-state index contributed by atoms with van der Waals surface area (Å²) >= 11 is 1.38. The number of anilines is 1. The van der Waals surface area contributed by atoms with Crippen LogP contribution in [0.2, 0.25) is 0 Å². The molecule has 4 rings (SSSR count). The van der Waals surface area contributed by atoms with Gasteiger partial charge in [0, 0.05) is 29.6 Å². The number of para-hydroxylation sites is 1. The molecule has 4 aromatic rings. The van der Waals surface area contributed by atoms with Gasteiger partial charge >= 0.3 is 0 Å². The lowest BCUT2D eigenvalue weighted by atomic mass is 10.1. The molecule has 0 radical (unpaired) electrons. The van der Waals surface area contributed by atoms with Gasteiger partial charge in [-0.2, -0.15) is 0 Å². The second-order valence-electron chi connectivity index (χ2n) is 6.55. The number of thioether (sulfide) groups is 1. The van der Waals surface area contributed by atoms with Crippen molar-refractivity contribution in [2.24, 2.45) is 0 Å². The van der Waals surface area contributed by atoms with Gasteiger partial charge in [-0.25, -0.2) is 0 Å². The summed E-state index contributed by atoms with van der Waals surface area (Å²) in [5.74, 6) is 0.954. The minimum atomic E-state index is -0.0753. The minimum Gasteiger partial charge on any atom is -0.325 e. The van der Waals surface area contributed by atoms with E-state index in [0.29, 0.717) is 11.7 Å². The van der Waals surface area contributed by atoms with E-state index in [-0.39, 0.29) is 11.7 Å². The first kappa shape index (κ1) is 19.8. The molecule has 1 amide bonds. The van der Waals surface area contributed by atoms with E-state index in [2.05, 4.69) is 20.5 Å². The molecule has 0 saturated heterocycles. The van der Waals surface area contributed by atoms with E-state index in [9.17, 15) is 4.79 Å². The van der Waals surface area contributed by atoms with E-state index in [1.54, 1.807) is 6.20 Å². The van der Waals surface area contributed by atoms with Crippen LogP contribution in [-0.4, -0.2) is 31.4 Å². The molecule has 0 spiro atoms. The fourth-order valence-electron chi connectivity index (χ4n) is 3.08. The van der Waals surface area contributed by atoms with Crippen LogP contribution in [0, 0.1) is 0 Å². The minimum absolute atomic E-state index is 0.0753. The van der Waals surface area contributed by atoms with Crippen molar-refractivity contribution in [2.45, 2.75) is 18.6 Å². The highest BCUT2D eigenvalue weighted by atomic mass is 32.2. The average Bonchev–Trinajstić information content (AvgIpc) is 3.22. The van der Waals surface area contributed by atoms with Crippen molar-refractivity contribution >= 4 is 23.4 Å². The number of amides is 1. The van der Waals surface area contributed by atoms with Gasteiger partial charge in [0.2, 0.25) is 5.91 Å². The van der Waals surface area contributed by atoms with Crippen LogP contribution in [0.15, 0.2) is 84.1 Å². The molecule has 6 nitrogen and oxygen atoms in total. The fraction of sp³-hybridized carbons (Fsp3) is 0.130. The largest absolute Gasteiger partial charge is 0.325 e. The fourth-order valence-corrected chi connectivity index (χ4v) is 3.88. The summed E-state index contributed by atoms with van der Waals surface area (Å²) < 4.78 is 2.02. The maximum atomic E-state index is 12.3. The van der Waals surface area contributed by atoms with Gasteiger partial charge < -0.3 is 9.88 Å². The van der Waals surface area contributed by atoms with Gasteiger partial charge in [0.05, 0.1) is 11.4 Å². The van der Waals surface area contributed by atoms with Crippen LogP contribution >= 0.6 is 11.8 Å². The standard InChI is InChI=1S/C23H21N5OS/c1-2-28-22(18-13-14-24-20(15-18)17-9-5-3-6-10-17)26-27-23(28)30-16-21(29)25-19-11-7-4-8-12-19/h3-15H,2,16H2,1H3,(H,25,29). The summed E-state index contributed by atoms with van der Waals surface area (Å²) in [6.45, 7) is 2.74. The van der Waals surface area contributed by atoms with E-state index in [1.165, 1.54) is 11.8 Å². The Balaban J connectivity index is 1.51. The third kappa shape index (κ3) is 4.58. The molecule has 0 bridgehead atoms. The smallest absolute Gasteiger partial charge is 0.234 e. The number of rotatable bonds is 7. The summed E-state index contributed by atoms with van der Waals surface area (Å²) in [6.07, 6.45) is 1.78. The second kappa shape index (κ2) is 9.37. The molecule has 0 aliphatic heterocycles. The zero-order chi connectivity index (χ0) is 20.8. The van der Waals surface area contributed by atoms with Gasteiger partial charge in [0.15, 0.2) is 11.0 Å². The van der Waals surface area contributed by atoms with Crippen molar-refractivity contribution < 1.29 is 4.79 Å². The highest BCUT2D eigenvalue weighted by Gasteiger charge is 2.15. The molecule has 150 valence electrons. The van der Waals surface area contributed by atoms with Crippen LogP contribution in [-0.2, 0) is 11.3 Å². The molecule has 0 aliphatic carbocycles. The van der Waals surface area contributed by atoms with Crippen LogP contribution in [0.3, 0.4) is 0 Å². The molecule has 7 heteroatoms. The SMILES string of the molecule is CCn1c(SCC(=O)Nc2ccccc2)nnc1-c1ccnc(-c2ccccc2)c1. The van der Waals surface area contributed by atoms with Crippen LogP contribution < -0.4 is 5.32 Å². The van der Waals surface area contributed by atoms with Crippen molar-refractivity contribution in [2.75, 3.05) is 11.1 Å². The Bertz CT molecular complexity index is 1130. The molecule has 30 heavy (non-hydrogen) atoms. The van der Waals surface area contributed by atoms with Gasteiger partial charge in [-0.15, -0.1) is 10.2 Å². The zero-order valence-electron chi connectivity index (χ0n) is 16.5. The van der Waals surface area contributed by atoms with E-state index in [1.807, 2.05) is 84.3 Å². The van der Waals surface area contributed by atoms with Crippen LogP contribution in [0.5, 0.6) is 0 Å². The number of nitrogens with zero attached hydrogens (tertiary/aromatic N) is 4. The Labute approximate surface area is 179 Å². The molecule has 0 aliphatic rings. The van der Waals surface area contributed by atoms with Gasteiger partial charge in [-0.05, 0) is 31.2 Å². The van der Waals surface area contributed by atoms with E-state index in [4.69, 9.17) is 0 Å². The molecule has 1 N–H and O–H groups in total. The van der Waals surface area contributed by atoms with Gasteiger partial charge in [0.1, 0.15) is 0 Å². The maximum Gasteiger partial charge on any atom is 0.234 e. The molecule has 2 heterocycles. The molecular formula is C23H21N5OS. The summed E-state index contributed by atoms with van der Waals surface area (Å²) in [5.41, 5.74) is 3.66. The Morgan fingerprint density at radius 1 is 0.967 bits per heavy atom. The summed E-state index contributed by atoms with van der Waals surface area (Å²) in [6, 6.07) is 23.4. The van der Waals surface area contributed by atoms with E-state index in [0.717, 1.165) is 28.3 Å². The number of aromatic nitrogens is 4. The van der Waals surface area contributed by atoms with Gasteiger partial charge in [0.25, 0.3) is 0 Å². The molecule has 2 aromatic heterocycles. The predicted molar refractivity (Wildman–Crippen MR) is 120 cm³/mol. The number of pyridine rings is 1.